The molecule has 5 heteroatoms. The maximum Gasteiger partial charge on any atom is 0.147 e. The van der Waals surface area contributed by atoms with Crippen molar-refractivity contribution in [1.29, 1.82) is 0 Å². The van der Waals surface area contributed by atoms with Crippen molar-refractivity contribution in [1.82, 2.24) is 15.6 Å². The van der Waals surface area contributed by atoms with Gasteiger partial charge in [0.15, 0.2) is 0 Å². The molecule has 224 valence electrons. The zero-order chi connectivity index (χ0) is 31.2. The minimum atomic E-state index is -0.209. The van der Waals surface area contributed by atoms with E-state index in [0.29, 0.717) is 0 Å². The highest BCUT2D eigenvalue weighted by Crippen LogP contribution is 2.41. The van der Waals surface area contributed by atoms with E-state index in [4.69, 9.17) is 14.4 Å². The Kier molecular flexibility index (Phi) is 6.61. The van der Waals surface area contributed by atoms with Gasteiger partial charge in [-0.25, -0.2) is 9.98 Å². The summed E-state index contributed by atoms with van der Waals surface area (Å²) in [6.45, 7) is 0. The molecule has 0 saturated carbocycles. The van der Waals surface area contributed by atoms with Gasteiger partial charge in [-0.15, -0.1) is 0 Å². The molecule has 3 heterocycles. The monoisotopic (exact) mass is 606 g/mol. The number of aromatic nitrogens is 1. The fraction of sp³-hybridized carbons (Fsp3) is 0.0476. The third-order valence-electron chi connectivity index (χ3n) is 8.96. The summed E-state index contributed by atoms with van der Waals surface area (Å²) < 4.78 is 6.54. The van der Waals surface area contributed by atoms with Crippen molar-refractivity contribution in [2.24, 2.45) is 4.99 Å². The standard InChI is InChI=1S/C42H30N4O/c1-4-12-28(13-5-1)38-37-34-26-32(24-25-36(34)47-39(37)33-18-10-11-19-35(33)43-38)27-20-22-31(23-21-27)42-45-40(29-14-6-2-7-15-29)44-41(46-42)30-16-8-3-9-17-30/h1-26,40,42,45H,(H,44,46). The Morgan fingerprint density at radius 2 is 1.19 bits per heavy atom. The molecule has 8 aromatic rings. The van der Waals surface area contributed by atoms with Crippen LogP contribution in [0.1, 0.15) is 29.0 Å². The number of pyridine rings is 1. The van der Waals surface area contributed by atoms with Gasteiger partial charge < -0.3 is 9.73 Å². The van der Waals surface area contributed by atoms with Crippen molar-refractivity contribution in [2.75, 3.05) is 0 Å². The summed E-state index contributed by atoms with van der Waals surface area (Å²) in [6, 6.07) is 54.5. The fourth-order valence-electron chi connectivity index (χ4n) is 6.59. The summed E-state index contributed by atoms with van der Waals surface area (Å²) >= 11 is 0. The topological polar surface area (TPSA) is 62.5 Å². The predicted octanol–water partition coefficient (Wildman–Crippen LogP) is 9.81. The maximum atomic E-state index is 6.54. The number of furan rings is 1. The number of hydrogen-bond acceptors (Lipinski definition) is 5. The molecule has 2 aromatic heterocycles. The van der Waals surface area contributed by atoms with Gasteiger partial charge in [-0.05, 0) is 46.5 Å². The number of nitrogens with zero attached hydrogens (tertiary/aromatic N) is 2. The Balaban J connectivity index is 1.12. The molecule has 1 aliphatic rings. The van der Waals surface area contributed by atoms with Crippen LogP contribution in [-0.4, -0.2) is 10.8 Å². The molecule has 0 saturated heterocycles. The van der Waals surface area contributed by atoms with Crippen molar-refractivity contribution in [3.05, 3.63) is 174 Å². The zero-order valence-electron chi connectivity index (χ0n) is 25.5. The molecule has 2 N–H and O–H groups in total. The normalized spacial score (nSPS) is 16.3. The molecule has 47 heavy (non-hydrogen) atoms. The van der Waals surface area contributed by atoms with Gasteiger partial charge in [0.05, 0.1) is 16.6 Å². The first kappa shape index (κ1) is 27.3. The van der Waals surface area contributed by atoms with Crippen molar-refractivity contribution in [3.8, 4) is 22.4 Å². The van der Waals surface area contributed by atoms with Crippen molar-refractivity contribution >= 4 is 38.7 Å². The van der Waals surface area contributed by atoms with Gasteiger partial charge in [0.1, 0.15) is 29.3 Å². The summed E-state index contributed by atoms with van der Waals surface area (Å²) in [6.07, 6.45) is -0.285. The number of benzene rings is 6. The van der Waals surface area contributed by atoms with Crippen LogP contribution in [0.2, 0.25) is 0 Å². The Morgan fingerprint density at radius 1 is 0.532 bits per heavy atom. The van der Waals surface area contributed by atoms with Gasteiger partial charge in [-0.3, -0.25) is 5.32 Å². The van der Waals surface area contributed by atoms with E-state index in [9.17, 15) is 0 Å². The van der Waals surface area contributed by atoms with Crippen molar-refractivity contribution < 1.29 is 4.42 Å². The molecule has 5 nitrogen and oxygen atoms in total. The minimum absolute atomic E-state index is 0.0751. The van der Waals surface area contributed by atoms with Crippen LogP contribution in [0.3, 0.4) is 0 Å². The van der Waals surface area contributed by atoms with Gasteiger partial charge in [-0.2, -0.15) is 0 Å². The van der Waals surface area contributed by atoms with Crippen LogP contribution in [0, 0.1) is 0 Å². The van der Waals surface area contributed by atoms with Crippen LogP contribution in [0.25, 0.3) is 55.2 Å². The van der Waals surface area contributed by atoms with Crippen LogP contribution in [0.15, 0.2) is 167 Å². The van der Waals surface area contributed by atoms with E-state index in [2.05, 4.69) is 120 Å². The van der Waals surface area contributed by atoms with E-state index < -0.39 is 0 Å². The average molecular weight is 607 g/mol. The summed E-state index contributed by atoms with van der Waals surface area (Å²) in [7, 11) is 0. The second kappa shape index (κ2) is 11.4. The van der Waals surface area contributed by atoms with Gasteiger partial charge in [-0.1, -0.05) is 133 Å². The first-order valence-corrected chi connectivity index (χ1v) is 15.9. The molecule has 0 bridgehead atoms. The molecule has 0 fully saturated rings. The third-order valence-corrected chi connectivity index (χ3v) is 8.96. The first-order valence-electron chi connectivity index (χ1n) is 15.9. The van der Waals surface area contributed by atoms with Crippen LogP contribution in [0.4, 0.5) is 0 Å². The molecule has 6 aromatic carbocycles. The average Bonchev–Trinajstić information content (AvgIpc) is 3.55. The van der Waals surface area contributed by atoms with E-state index in [1.54, 1.807) is 0 Å². The first-order chi connectivity index (χ1) is 23.3. The Labute approximate surface area is 272 Å². The van der Waals surface area contributed by atoms with Crippen LogP contribution < -0.4 is 10.6 Å². The number of rotatable bonds is 5. The van der Waals surface area contributed by atoms with Crippen LogP contribution in [0.5, 0.6) is 0 Å². The molecular weight excluding hydrogens is 576 g/mol. The molecular formula is C42H30N4O. The maximum absolute atomic E-state index is 6.54. The lowest BCUT2D eigenvalue weighted by Crippen LogP contribution is -2.44. The molecule has 2 unspecified atom stereocenters. The highest BCUT2D eigenvalue weighted by atomic mass is 16.3. The number of aliphatic imine (C=N–C) groups is 1. The lowest BCUT2D eigenvalue weighted by molar-refractivity contribution is 0.409. The number of amidine groups is 1. The largest absolute Gasteiger partial charge is 0.455 e. The smallest absolute Gasteiger partial charge is 0.147 e. The molecule has 9 rings (SSSR count). The number of nitrogens with one attached hydrogen (secondary N) is 2. The Bertz CT molecular complexity index is 2400. The number of hydrogen-bond donors (Lipinski definition) is 2. The van der Waals surface area contributed by atoms with E-state index in [0.717, 1.165) is 77.8 Å². The zero-order valence-corrected chi connectivity index (χ0v) is 25.5. The number of para-hydroxylation sites is 1. The minimum Gasteiger partial charge on any atom is -0.455 e. The van der Waals surface area contributed by atoms with Gasteiger partial charge in [0.2, 0.25) is 0 Å². The summed E-state index contributed by atoms with van der Waals surface area (Å²) in [4.78, 5) is 10.2. The quantitative estimate of drug-likeness (QED) is 0.205. The third kappa shape index (κ3) is 4.94. The molecule has 0 amide bonds. The second-order valence-electron chi connectivity index (χ2n) is 11.9. The fourth-order valence-corrected chi connectivity index (χ4v) is 6.59. The second-order valence-corrected chi connectivity index (χ2v) is 11.9. The van der Waals surface area contributed by atoms with Gasteiger partial charge >= 0.3 is 0 Å². The summed E-state index contributed by atoms with van der Waals surface area (Å²) in [5.74, 6) is 0.875. The lowest BCUT2D eigenvalue weighted by Gasteiger charge is -2.32. The molecule has 0 radical (unpaired) electrons. The SMILES string of the molecule is c1ccc(C2=NC(c3ccc(-c4ccc5oc6c7ccccc7nc(-c7ccccc7)c6c5c4)cc3)NC(c3ccccc3)N2)cc1. The van der Waals surface area contributed by atoms with Gasteiger partial charge in [0.25, 0.3) is 0 Å². The lowest BCUT2D eigenvalue weighted by atomic mass is 9.98. The molecule has 0 spiro atoms. The van der Waals surface area contributed by atoms with Crippen molar-refractivity contribution in [2.45, 2.75) is 12.3 Å². The van der Waals surface area contributed by atoms with Crippen molar-refractivity contribution in [3.63, 3.8) is 0 Å². The van der Waals surface area contributed by atoms with E-state index >= 15 is 0 Å². The van der Waals surface area contributed by atoms with E-state index in [1.165, 1.54) is 0 Å². The van der Waals surface area contributed by atoms with Crippen LogP contribution >= 0.6 is 0 Å². The Morgan fingerprint density at radius 3 is 1.96 bits per heavy atom. The van der Waals surface area contributed by atoms with Crippen LogP contribution in [-0.2, 0) is 0 Å². The molecule has 2 atom stereocenters. The molecule has 0 aliphatic carbocycles. The van der Waals surface area contributed by atoms with Gasteiger partial charge in [0, 0.05) is 21.9 Å². The van der Waals surface area contributed by atoms with E-state index in [-0.39, 0.29) is 12.3 Å². The molecule has 1 aliphatic heterocycles. The highest BCUT2D eigenvalue weighted by Gasteiger charge is 2.25. The van der Waals surface area contributed by atoms with E-state index in [1.807, 2.05) is 48.5 Å². The highest BCUT2D eigenvalue weighted by molar-refractivity contribution is 6.19. The Hall–Kier alpha value is -6.04. The summed E-state index contributed by atoms with van der Waals surface area (Å²) in [5, 5.41) is 10.4. The number of fused-ring (bicyclic) bond motifs is 5. The predicted molar refractivity (Wildman–Crippen MR) is 191 cm³/mol. The summed E-state index contributed by atoms with van der Waals surface area (Å²) in [5.41, 5.74) is 10.2.